The van der Waals surface area contributed by atoms with Crippen molar-refractivity contribution >= 4 is 7.82 Å². The number of unbranched alkanes of at least 4 members (excludes halogenated alkanes) is 6. The Kier molecular flexibility index (Phi) is 17.0. The van der Waals surface area contributed by atoms with Crippen LogP contribution in [-0.2, 0) is 26.7 Å². The number of hydrogen-bond acceptors (Lipinski definition) is 4. The lowest BCUT2D eigenvalue weighted by atomic mass is 10.1. The van der Waals surface area contributed by atoms with E-state index in [0.29, 0.717) is 12.8 Å². The lowest BCUT2D eigenvalue weighted by Crippen LogP contribution is -2.30. The van der Waals surface area contributed by atoms with Gasteiger partial charge in [-0.2, -0.15) is 0 Å². The molecule has 7 heteroatoms. The number of aryl methyl sites for hydroxylation is 2. The van der Waals surface area contributed by atoms with Gasteiger partial charge in [-0.1, -0.05) is 52.9 Å². The first-order chi connectivity index (χ1) is 13.0. The van der Waals surface area contributed by atoms with E-state index in [9.17, 15) is 9.46 Å². The molecule has 0 atom stereocenters. The molecule has 0 N–H and O–H groups in total. The zero-order valence-electron chi connectivity index (χ0n) is 17.9. The summed E-state index contributed by atoms with van der Waals surface area (Å²) >= 11 is 0. The van der Waals surface area contributed by atoms with E-state index >= 15 is 0 Å². The number of imidazole rings is 1. The van der Waals surface area contributed by atoms with Crippen LogP contribution in [0.1, 0.15) is 85.5 Å². The molecule has 1 aromatic heterocycles. The van der Waals surface area contributed by atoms with Gasteiger partial charge in [0, 0.05) is 0 Å². The van der Waals surface area contributed by atoms with Gasteiger partial charge in [0.2, 0.25) is 6.33 Å². The zero-order chi connectivity index (χ0) is 20.4. The van der Waals surface area contributed by atoms with Gasteiger partial charge in [-0.15, -0.1) is 0 Å². The van der Waals surface area contributed by atoms with Crippen LogP contribution in [0.15, 0.2) is 18.7 Å². The number of rotatable bonds is 15. The second-order valence-electron chi connectivity index (χ2n) is 6.72. The van der Waals surface area contributed by atoms with Gasteiger partial charge in [0.05, 0.1) is 26.3 Å². The first kappa shape index (κ1) is 26.3. The predicted octanol–water partition coefficient (Wildman–Crippen LogP) is 4.85. The molecule has 160 valence electrons. The van der Waals surface area contributed by atoms with Crippen molar-refractivity contribution in [3.05, 3.63) is 18.7 Å². The molecular formula is C20H41N2O4P. The van der Waals surface area contributed by atoms with Crippen molar-refractivity contribution in [1.29, 1.82) is 0 Å². The van der Waals surface area contributed by atoms with Crippen molar-refractivity contribution in [1.82, 2.24) is 4.57 Å². The predicted molar refractivity (Wildman–Crippen MR) is 108 cm³/mol. The van der Waals surface area contributed by atoms with Crippen molar-refractivity contribution in [3.8, 4) is 0 Å². The minimum Gasteiger partial charge on any atom is -0.756 e. The second-order valence-corrected chi connectivity index (χ2v) is 8.13. The maximum atomic E-state index is 10.7. The highest BCUT2D eigenvalue weighted by Crippen LogP contribution is 2.38. The average molecular weight is 405 g/mol. The SMILES string of the molecule is CCCCCCCCC[n+]1ccn(CC)c1.CCCOP(=O)([O-])OCCC. The second kappa shape index (κ2) is 17.4. The largest absolute Gasteiger partial charge is 0.756 e. The Morgan fingerprint density at radius 1 is 0.889 bits per heavy atom. The third-order valence-corrected chi connectivity index (χ3v) is 5.04. The van der Waals surface area contributed by atoms with Crippen molar-refractivity contribution < 1.29 is 23.1 Å². The summed E-state index contributed by atoms with van der Waals surface area (Å²) in [6.07, 6.45) is 17.6. The molecule has 0 spiro atoms. The van der Waals surface area contributed by atoms with E-state index in [2.05, 4.69) is 50.8 Å². The first-order valence-electron chi connectivity index (χ1n) is 10.6. The van der Waals surface area contributed by atoms with E-state index in [-0.39, 0.29) is 13.2 Å². The van der Waals surface area contributed by atoms with Gasteiger partial charge in [0.1, 0.15) is 12.4 Å². The molecule has 0 saturated carbocycles. The summed E-state index contributed by atoms with van der Waals surface area (Å²) in [5, 5.41) is 0. The molecule has 1 rings (SSSR count). The Balaban J connectivity index is 0.000000541. The molecule has 0 aliphatic carbocycles. The molecule has 1 aromatic rings. The molecule has 0 fully saturated rings. The number of hydrogen-bond donors (Lipinski definition) is 0. The van der Waals surface area contributed by atoms with Crippen LogP contribution in [0.25, 0.3) is 0 Å². The van der Waals surface area contributed by atoms with Crippen molar-refractivity contribution in [2.75, 3.05) is 13.2 Å². The van der Waals surface area contributed by atoms with Gasteiger partial charge < -0.3 is 13.9 Å². The summed E-state index contributed by atoms with van der Waals surface area (Å²) in [5.74, 6) is 0. The summed E-state index contributed by atoms with van der Waals surface area (Å²) in [6, 6.07) is 0. The molecule has 6 nitrogen and oxygen atoms in total. The van der Waals surface area contributed by atoms with E-state index in [4.69, 9.17) is 0 Å². The summed E-state index contributed by atoms with van der Waals surface area (Å²) < 4.78 is 24.2. The van der Waals surface area contributed by atoms with E-state index < -0.39 is 7.82 Å². The Bertz CT molecular complexity index is 482. The Hall–Kier alpha value is -0.680. The fraction of sp³-hybridized carbons (Fsp3) is 0.850. The number of phosphoric acid groups is 1. The lowest BCUT2D eigenvalue weighted by molar-refractivity contribution is -0.696. The highest BCUT2D eigenvalue weighted by atomic mass is 31.2. The maximum absolute atomic E-state index is 10.7. The Morgan fingerprint density at radius 3 is 1.93 bits per heavy atom. The van der Waals surface area contributed by atoms with Crippen LogP contribution in [-0.4, -0.2) is 17.8 Å². The smallest absolute Gasteiger partial charge is 0.267 e. The number of phosphoric ester groups is 1. The molecule has 27 heavy (non-hydrogen) atoms. The lowest BCUT2D eigenvalue weighted by Gasteiger charge is -2.21. The Morgan fingerprint density at radius 2 is 1.44 bits per heavy atom. The normalized spacial score (nSPS) is 11.3. The quantitative estimate of drug-likeness (QED) is 0.238. The van der Waals surface area contributed by atoms with Gasteiger partial charge in [-0.3, -0.25) is 4.57 Å². The molecule has 0 radical (unpaired) electrons. The summed E-state index contributed by atoms with van der Waals surface area (Å²) in [7, 11) is -3.98. The van der Waals surface area contributed by atoms with Crippen molar-refractivity contribution in [2.24, 2.45) is 0 Å². The van der Waals surface area contributed by atoms with E-state index in [1.165, 1.54) is 51.5 Å². The number of aromatic nitrogens is 2. The third kappa shape index (κ3) is 16.0. The van der Waals surface area contributed by atoms with Gasteiger partial charge in [-0.25, -0.2) is 9.13 Å². The standard InChI is InChI=1S/C14H27N2.C6H15O4P/c1-3-5-6-7-8-9-10-11-16-13-12-15(4-2)14-16;1-3-5-9-11(7,8)10-6-4-2/h12-14H,3-11H2,1-2H3;3-6H2,1-2H3,(H,7,8)/q+1;/p-1. The molecule has 1 heterocycles. The van der Waals surface area contributed by atoms with Crippen LogP contribution in [0.4, 0.5) is 0 Å². The Labute approximate surface area is 166 Å². The zero-order valence-corrected chi connectivity index (χ0v) is 18.8. The highest BCUT2D eigenvalue weighted by molar-refractivity contribution is 7.45. The van der Waals surface area contributed by atoms with Crippen LogP contribution in [0, 0.1) is 0 Å². The number of nitrogens with zero attached hydrogens (tertiary/aromatic N) is 2. The topological polar surface area (TPSA) is 67.4 Å². The molecule has 0 amide bonds. The molecule has 0 saturated heterocycles. The summed E-state index contributed by atoms with van der Waals surface area (Å²) in [5.41, 5.74) is 0. The third-order valence-electron chi connectivity index (χ3n) is 4.04. The molecular weight excluding hydrogens is 363 g/mol. The fourth-order valence-electron chi connectivity index (χ4n) is 2.45. The van der Waals surface area contributed by atoms with Crippen LogP contribution in [0.5, 0.6) is 0 Å². The summed E-state index contributed by atoms with van der Waals surface area (Å²) in [4.78, 5) is 10.7. The summed E-state index contributed by atoms with van der Waals surface area (Å²) in [6.45, 7) is 10.8. The molecule has 0 unspecified atom stereocenters. The van der Waals surface area contributed by atoms with Gasteiger partial charge in [-0.05, 0) is 32.6 Å². The highest BCUT2D eigenvalue weighted by Gasteiger charge is 2.06. The molecule has 0 aliphatic heterocycles. The van der Waals surface area contributed by atoms with E-state index in [1.54, 1.807) is 0 Å². The molecule has 0 aliphatic rings. The van der Waals surface area contributed by atoms with Crippen LogP contribution in [0.2, 0.25) is 0 Å². The molecule has 0 bridgehead atoms. The van der Waals surface area contributed by atoms with E-state index in [0.717, 1.165) is 6.54 Å². The van der Waals surface area contributed by atoms with Crippen LogP contribution < -0.4 is 9.46 Å². The van der Waals surface area contributed by atoms with Crippen LogP contribution in [0.3, 0.4) is 0 Å². The van der Waals surface area contributed by atoms with Gasteiger partial charge >= 0.3 is 0 Å². The average Bonchev–Trinajstić information content (AvgIpc) is 3.13. The van der Waals surface area contributed by atoms with Crippen molar-refractivity contribution in [2.45, 2.75) is 98.6 Å². The van der Waals surface area contributed by atoms with Crippen LogP contribution >= 0.6 is 7.82 Å². The minimum absolute atomic E-state index is 0.199. The van der Waals surface area contributed by atoms with Gasteiger partial charge in [0.25, 0.3) is 7.82 Å². The van der Waals surface area contributed by atoms with E-state index in [1.807, 2.05) is 13.8 Å². The fourth-order valence-corrected chi connectivity index (χ4v) is 3.34. The maximum Gasteiger partial charge on any atom is 0.267 e. The minimum atomic E-state index is -3.98. The monoisotopic (exact) mass is 404 g/mol. The van der Waals surface area contributed by atoms with Gasteiger partial charge in [0.15, 0.2) is 0 Å². The first-order valence-corrected chi connectivity index (χ1v) is 12.1. The van der Waals surface area contributed by atoms with Crippen molar-refractivity contribution in [3.63, 3.8) is 0 Å². The molecule has 0 aromatic carbocycles.